The molecule has 0 aliphatic heterocycles. The largest absolute Gasteiger partial charge is 0.465 e. The van der Waals surface area contributed by atoms with Crippen molar-refractivity contribution in [1.29, 1.82) is 0 Å². The summed E-state index contributed by atoms with van der Waals surface area (Å²) in [6.45, 7) is 0.598. The van der Waals surface area contributed by atoms with Crippen molar-refractivity contribution in [2.24, 2.45) is 0 Å². The number of carbonyl (C=O) groups is 2. The van der Waals surface area contributed by atoms with Crippen LogP contribution in [-0.2, 0) is 16.1 Å². The van der Waals surface area contributed by atoms with Gasteiger partial charge in [0.2, 0.25) is 5.91 Å². The van der Waals surface area contributed by atoms with E-state index in [1.54, 1.807) is 30.3 Å². The van der Waals surface area contributed by atoms with Crippen LogP contribution in [0.3, 0.4) is 0 Å². The Morgan fingerprint density at radius 1 is 1.07 bits per heavy atom. The molecule has 30 heavy (non-hydrogen) atoms. The van der Waals surface area contributed by atoms with Gasteiger partial charge in [-0.2, -0.15) is 0 Å². The van der Waals surface area contributed by atoms with Crippen molar-refractivity contribution < 1.29 is 14.3 Å². The van der Waals surface area contributed by atoms with Gasteiger partial charge < -0.3 is 15.4 Å². The van der Waals surface area contributed by atoms with Gasteiger partial charge in [-0.25, -0.2) is 14.8 Å². The lowest BCUT2D eigenvalue weighted by atomic mass is 10.2. The average molecular weight is 443 g/mol. The number of esters is 1. The number of benzene rings is 2. The first kappa shape index (κ1) is 21.6. The number of hydrogen-bond donors (Lipinski definition) is 2. The summed E-state index contributed by atoms with van der Waals surface area (Å²) in [6, 6.07) is 15.8. The molecule has 0 saturated carbocycles. The van der Waals surface area contributed by atoms with Gasteiger partial charge in [-0.1, -0.05) is 35.5 Å². The first-order valence-corrected chi connectivity index (χ1v) is 10.3. The molecule has 2 aromatic carbocycles. The first-order chi connectivity index (χ1) is 14.5. The monoisotopic (exact) mass is 442 g/mol. The van der Waals surface area contributed by atoms with Gasteiger partial charge in [0.25, 0.3) is 0 Å². The molecular weight excluding hydrogens is 424 g/mol. The summed E-state index contributed by atoms with van der Waals surface area (Å²) in [6.07, 6.45) is 1.45. The predicted molar refractivity (Wildman–Crippen MR) is 118 cm³/mol. The third-order valence-electron chi connectivity index (χ3n) is 3.97. The van der Waals surface area contributed by atoms with E-state index in [4.69, 9.17) is 11.6 Å². The number of anilines is 2. The van der Waals surface area contributed by atoms with Crippen LogP contribution >= 0.6 is 23.4 Å². The van der Waals surface area contributed by atoms with E-state index in [0.29, 0.717) is 33.7 Å². The van der Waals surface area contributed by atoms with Crippen LogP contribution in [0.4, 0.5) is 11.5 Å². The number of hydrogen-bond acceptors (Lipinski definition) is 7. The Morgan fingerprint density at radius 2 is 1.80 bits per heavy atom. The second kappa shape index (κ2) is 10.6. The maximum Gasteiger partial charge on any atom is 0.337 e. The Bertz CT molecular complexity index is 1010. The highest BCUT2D eigenvalue weighted by Crippen LogP contribution is 2.19. The van der Waals surface area contributed by atoms with Gasteiger partial charge in [0, 0.05) is 23.3 Å². The van der Waals surface area contributed by atoms with Crippen molar-refractivity contribution >= 4 is 46.7 Å². The van der Waals surface area contributed by atoms with Crippen molar-refractivity contribution in [2.75, 3.05) is 23.5 Å². The molecule has 9 heteroatoms. The smallest absolute Gasteiger partial charge is 0.337 e. The fourth-order valence-electron chi connectivity index (χ4n) is 2.45. The quantitative estimate of drug-likeness (QED) is 0.306. The van der Waals surface area contributed by atoms with Crippen LogP contribution < -0.4 is 10.6 Å². The van der Waals surface area contributed by atoms with E-state index in [2.05, 4.69) is 25.3 Å². The maximum atomic E-state index is 12.2. The molecule has 1 amide bonds. The third-order valence-corrected chi connectivity index (χ3v) is 5.15. The molecule has 0 aliphatic carbocycles. The van der Waals surface area contributed by atoms with Crippen LogP contribution in [0.2, 0.25) is 5.02 Å². The molecule has 3 rings (SSSR count). The average Bonchev–Trinajstić information content (AvgIpc) is 2.77. The number of rotatable bonds is 8. The Kier molecular flexibility index (Phi) is 7.64. The number of nitrogens with one attached hydrogen (secondary N) is 2. The van der Waals surface area contributed by atoms with Crippen molar-refractivity contribution in [3.8, 4) is 0 Å². The van der Waals surface area contributed by atoms with E-state index >= 15 is 0 Å². The van der Waals surface area contributed by atoms with Crippen LogP contribution in [0.25, 0.3) is 0 Å². The minimum absolute atomic E-state index is 0.180. The number of thioether (sulfide) groups is 1. The van der Waals surface area contributed by atoms with E-state index in [0.717, 1.165) is 5.56 Å². The lowest BCUT2D eigenvalue weighted by Crippen LogP contribution is -2.14. The normalized spacial score (nSPS) is 10.3. The van der Waals surface area contributed by atoms with E-state index in [9.17, 15) is 9.59 Å². The fraction of sp³-hybridized carbons (Fsp3) is 0.143. The molecule has 2 N–H and O–H groups in total. The molecular formula is C21H19ClN4O3S. The Hall–Kier alpha value is -3.10. The highest BCUT2D eigenvalue weighted by molar-refractivity contribution is 7.99. The molecule has 1 heterocycles. The molecule has 0 bridgehead atoms. The van der Waals surface area contributed by atoms with Gasteiger partial charge in [0.15, 0.2) is 0 Å². The van der Waals surface area contributed by atoms with Crippen LogP contribution in [0.1, 0.15) is 15.9 Å². The second-order valence-corrected chi connectivity index (χ2v) is 7.56. The van der Waals surface area contributed by atoms with Gasteiger partial charge in [0.05, 0.1) is 18.4 Å². The first-order valence-electron chi connectivity index (χ1n) is 8.95. The van der Waals surface area contributed by atoms with Gasteiger partial charge in [0.1, 0.15) is 17.2 Å². The summed E-state index contributed by atoms with van der Waals surface area (Å²) in [5, 5.41) is 7.37. The van der Waals surface area contributed by atoms with Crippen LogP contribution in [0.15, 0.2) is 66.0 Å². The van der Waals surface area contributed by atoms with E-state index in [1.807, 2.05) is 24.3 Å². The summed E-state index contributed by atoms with van der Waals surface area (Å²) >= 11 is 7.19. The SMILES string of the molecule is COC(=O)c1ccc(NC(=O)CSc2cc(NCc3ccc(Cl)cc3)ncn2)cc1. The molecule has 7 nitrogen and oxygen atoms in total. The van der Waals surface area contributed by atoms with Crippen LogP contribution in [0.5, 0.6) is 0 Å². The number of amides is 1. The molecule has 0 unspecified atom stereocenters. The Morgan fingerprint density at radius 3 is 2.50 bits per heavy atom. The van der Waals surface area contributed by atoms with Gasteiger partial charge in [-0.05, 0) is 42.0 Å². The van der Waals surface area contributed by atoms with E-state index in [1.165, 1.54) is 25.2 Å². The predicted octanol–water partition coefficient (Wildman–Crippen LogP) is 4.26. The molecule has 0 aliphatic rings. The molecule has 1 aromatic heterocycles. The van der Waals surface area contributed by atoms with E-state index in [-0.39, 0.29) is 11.7 Å². The summed E-state index contributed by atoms with van der Waals surface area (Å²) in [5.74, 6) is 0.251. The molecule has 154 valence electrons. The molecule has 0 spiro atoms. The number of carbonyl (C=O) groups excluding carboxylic acids is 2. The zero-order chi connectivity index (χ0) is 21.3. The van der Waals surface area contributed by atoms with Gasteiger partial charge in [-0.15, -0.1) is 0 Å². The molecule has 3 aromatic rings. The van der Waals surface area contributed by atoms with Crippen LogP contribution in [-0.4, -0.2) is 34.7 Å². The van der Waals surface area contributed by atoms with Crippen molar-refractivity contribution in [1.82, 2.24) is 9.97 Å². The minimum Gasteiger partial charge on any atom is -0.465 e. The number of aromatic nitrogens is 2. The number of methoxy groups -OCH3 is 1. The fourth-order valence-corrected chi connectivity index (χ4v) is 3.25. The summed E-state index contributed by atoms with van der Waals surface area (Å²) in [5.41, 5.74) is 2.09. The van der Waals surface area contributed by atoms with Crippen molar-refractivity contribution in [2.45, 2.75) is 11.6 Å². The summed E-state index contributed by atoms with van der Waals surface area (Å²) in [4.78, 5) is 32.0. The summed E-state index contributed by atoms with van der Waals surface area (Å²) < 4.78 is 4.65. The topological polar surface area (TPSA) is 93.2 Å². The lowest BCUT2D eigenvalue weighted by Gasteiger charge is -2.08. The van der Waals surface area contributed by atoms with Crippen molar-refractivity contribution in [3.63, 3.8) is 0 Å². The third kappa shape index (κ3) is 6.47. The standard InChI is InChI=1S/C21H19ClN4O3S/c1-29-21(28)15-4-8-17(9-5-15)26-19(27)12-30-20-10-18(24-13-25-20)23-11-14-2-6-16(22)7-3-14/h2-10,13H,11-12H2,1H3,(H,26,27)(H,23,24,25). The van der Waals surface area contributed by atoms with E-state index < -0.39 is 5.97 Å². The maximum absolute atomic E-state index is 12.2. The zero-order valence-corrected chi connectivity index (χ0v) is 17.7. The van der Waals surface area contributed by atoms with Gasteiger partial charge in [-0.3, -0.25) is 4.79 Å². The molecule has 0 fully saturated rings. The lowest BCUT2D eigenvalue weighted by molar-refractivity contribution is -0.113. The Balaban J connectivity index is 1.49. The molecule has 0 radical (unpaired) electrons. The number of halogens is 1. The molecule has 0 saturated heterocycles. The zero-order valence-electron chi connectivity index (χ0n) is 16.1. The highest BCUT2D eigenvalue weighted by Gasteiger charge is 2.08. The van der Waals surface area contributed by atoms with Crippen molar-refractivity contribution in [3.05, 3.63) is 77.1 Å². The second-order valence-electron chi connectivity index (χ2n) is 6.13. The molecule has 0 atom stereocenters. The van der Waals surface area contributed by atoms with Gasteiger partial charge >= 0.3 is 5.97 Å². The highest BCUT2D eigenvalue weighted by atomic mass is 35.5. The van der Waals surface area contributed by atoms with Crippen LogP contribution in [0, 0.1) is 0 Å². The number of nitrogens with zero attached hydrogens (tertiary/aromatic N) is 2. The summed E-state index contributed by atoms with van der Waals surface area (Å²) in [7, 11) is 1.32. The minimum atomic E-state index is -0.423. The Labute approximate surface area is 183 Å². The number of ether oxygens (including phenoxy) is 1.